The van der Waals surface area contributed by atoms with Gasteiger partial charge in [0.05, 0.1) is 13.1 Å². The lowest BCUT2D eigenvalue weighted by molar-refractivity contribution is 0.694. The minimum absolute atomic E-state index is 0.623. The summed E-state index contributed by atoms with van der Waals surface area (Å²) in [6, 6.07) is 68.7. The minimum Gasteiger partial charge on any atom is -0.340 e. The second-order valence-corrected chi connectivity index (χ2v) is 17.0. The lowest BCUT2D eigenvalue weighted by Gasteiger charge is -2.05. The summed E-state index contributed by atoms with van der Waals surface area (Å²) >= 11 is 0. The highest BCUT2D eigenvalue weighted by atomic mass is 15.0. The Morgan fingerprint density at radius 2 is 0.441 bits per heavy atom. The van der Waals surface area contributed by atoms with E-state index in [9.17, 15) is 0 Å². The standard InChI is InChI=1S/C34H28N2.C30H20N2/c1(3-5-15-25-35-31-21-11-7-17-27(31)28-18-8-12-22-32(28)35)2-4-6-16-26-36-33-23-13-9-19-29(33)30-20-10-14-24-34(30)36;1(11-21-31-27-17-7-3-13-23(27)24-14-4-8-18-28(24)31)2-12-22-32-29-19-9-5-15-25(29)26-16-6-10-20-30(26)32/h7-14,17-24H,5-6,15-16,25-26H2;3-10,13-20H,21-22H2. The van der Waals surface area contributed by atoms with E-state index in [0.717, 1.165) is 38.8 Å². The third kappa shape index (κ3) is 8.12. The Bertz CT molecular complexity index is 3600. The van der Waals surface area contributed by atoms with Crippen LogP contribution in [0, 0.1) is 47.4 Å². The molecule has 4 heterocycles. The van der Waals surface area contributed by atoms with Crippen molar-refractivity contribution in [3.8, 4) is 47.4 Å². The summed E-state index contributed by atoms with van der Waals surface area (Å²) in [5, 5.41) is 10.4. The normalized spacial score (nSPS) is 10.9. The van der Waals surface area contributed by atoms with Crippen LogP contribution in [0.2, 0.25) is 0 Å². The molecule has 0 saturated carbocycles. The van der Waals surface area contributed by atoms with Crippen LogP contribution in [0.15, 0.2) is 194 Å². The summed E-state index contributed by atoms with van der Waals surface area (Å²) < 4.78 is 9.39. The Hall–Kier alpha value is -8.80. The van der Waals surface area contributed by atoms with Crippen molar-refractivity contribution >= 4 is 87.2 Å². The number of hydrogen-bond acceptors (Lipinski definition) is 0. The Balaban J connectivity index is 0.000000150. The molecule has 4 aromatic heterocycles. The maximum absolute atomic E-state index is 3.26. The summed E-state index contributed by atoms with van der Waals surface area (Å²) in [5.41, 5.74) is 10.0. The number of aromatic nitrogens is 4. The van der Waals surface area contributed by atoms with E-state index in [0.29, 0.717) is 13.1 Å². The molecule has 0 aliphatic rings. The first-order chi connectivity index (χ1) is 33.8. The predicted octanol–water partition coefficient (Wildman–Crippen LogP) is 14.8. The number of fused-ring (bicyclic) bond motifs is 12. The van der Waals surface area contributed by atoms with Crippen molar-refractivity contribution in [1.29, 1.82) is 0 Å². The van der Waals surface area contributed by atoms with E-state index in [-0.39, 0.29) is 0 Å². The molecule has 0 spiro atoms. The Kier molecular flexibility index (Phi) is 11.9. The van der Waals surface area contributed by atoms with E-state index in [4.69, 9.17) is 0 Å². The first-order valence-corrected chi connectivity index (χ1v) is 23.6. The highest BCUT2D eigenvalue weighted by Gasteiger charge is 2.12. The van der Waals surface area contributed by atoms with Crippen LogP contribution >= 0.6 is 0 Å². The topological polar surface area (TPSA) is 19.7 Å². The third-order valence-electron chi connectivity index (χ3n) is 13.0. The van der Waals surface area contributed by atoms with E-state index in [1.54, 1.807) is 0 Å². The Morgan fingerprint density at radius 1 is 0.235 bits per heavy atom. The lowest BCUT2D eigenvalue weighted by atomic mass is 10.2. The fraction of sp³-hybridized carbons (Fsp3) is 0.125. The van der Waals surface area contributed by atoms with E-state index in [1.807, 2.05) is 0 Å². The van der Waals surface area contributed by atoms with Gasteiger partial charge in [-0.25, -0.2) is 0 Å². The molecule has 4 heteroatoms. The van der Waals surface area contributed by atoms with Crippen molar-refractivity contribution < 1.29 is 0 Å². The van der Waals surface area contributed by atoms with E-state index in [1.165, 1.54) is 87.2 Å². The van der Waals surface area contributed by atoms with Gasteiger partial charge in [0, 0.05) is 113 Å². The molecule has 0 aliphatic heterocycles. The van der Waals surface area contributed by atoms with Crippen molar-refractivity contribution in [3.05, 3.63) is 194 Å². The molecule has 324 valence electrons. The van der Waals surface area contributed by atoms with Crippen molar-refractivity contribution in [2.45, 2.75) is 51.9 Å². The number of hydrogen-bond donors (Lipinski definition) is 0. The van der Waals surface area contributed by atoms with Crippen molar-refractivity contribution in [2.24, 2.45) is 0 Å². The van der Waals surface area contributed by atoms with Gasteiger partial charge in [0.25, 0.3) is 0 Å². The van der Waals surface area contributed by atoms with Crippen molar-refractivity contribution in [1.82, 2.24) is 18.3 Å². The molecule has 4 nitrogen and oxygen atoms in total. The number of para-hydroxylation sites is 8. The van der Waals surface area contributed by atoms with Crippen LogP contribution in [-0.4, -0.2) is 18.3 Å². The van der Waals surface area contributed by atoms with Crippen molar-refractivity contribution in [2.75, 3.05) is 0 Å². The second-order valence-electron chi connectivity index (χ2n) is 17.0. The average Bonchev–Trinajstić information content (AvgIpc) is 4.11. The number of rotatable bonds is 8. The van der Waals surface area contributed by atoms with E-state index in [2.05, 4.69) is 260 Å². The SMILES string of the molecule is C(C#CCCCn1c2ccccc2c2ccccc21)#CCCCn1c2ccccc2c2ccccc21.C(C#CCn1c2ccccc2c2ccccc21)#CCn1c2ccccc2c2ccccc21. The average molecular weight is 873 g/mol. The first-order valence-electron chi connectivity index (χ1n) is 23.6. The predicted molar refractivity (Wildman–Crippen MR) is 287 cm³/mol. The maximum Gasteiger partial charge on any atom is 0.0853 e. The highest BCUT2D eigenvalue weighted by molar-refractivity contribution is 6.10. The molecular formula is C64H48N4. The summed E-state index contributed by atoms with van der Waals surface area (Å²) in [7, 11) is 0. The lowest BCUT2D eigenvalue weighted by Crippen LogP contribution is -1.97. The molecule has 0 unspecified atom stereocenters. The van der Waals surface area contributed by atoms with Crippen LogP contribution in [0.5, 0.6) is 0 Å². The van der Waals surface area contributed by atoms with Crippen molar-refractivity contribution in [3.63, 3.8) is 0 Å². The van der Waals surface area contributed by atoms with Crippen LogP contribution in [0.4, 0.5) is 0 Å². The molecule has 0 radical (unpaired) electrons. The smallest absolute Gasteiger partial charge is 0.0853 e. The number of nitrogens with zero attached hydrogens (tertiary/aromatic N) is 4. The van der Waals surface area contributed by atoms with Gasteiger partial charge in [0.2, 0.25) is 0 Å². The Labute approximate surface area is 397 Å². The fourth-order valence-corrected chi connectivity index (χ4v) is 10.0. The van der Waals surface area contributed by atoms with Gasteiger partial charge < -0.3 is 18.3 Å². The molecule has 8 aromatic carbocycles. The molecule has 68 heavy (non-hydrogen) atoms. The summed E-state index contributed by atoms with van der Waals surface area (Å²) in [4.78, 5) is 0. The van der Waals surface area contributed by atoms with Crippen LogP contribution in [-0.2, 0) is 26.2 Å². The van der Waals surface area contributed by atoms with Crippen LogP contribution in [0.25, 0.3) is 87.2 Å². The van der Waals surface area contributed by atoms with Gasteiger partial charge in [-0.1, -0.05) is 169 Å². The zero-order valence-corrected chi connectivity index (χ0v) is 37.9. The highest BCUT2D eigenvalue weighted by Crippen LogP contribution is 2.32. The molecule has 0 atom stereocenters. The van der Waals surface area contributed by atoms with Gasteiger partial charge in [-0.2, -0.15) is 0 Å². The largest absolute Gasteiger partial charge is 0.340 e. The van der Waals surface area contributed by atoms with Gasteiger partial charge >= 0.3 is 0 Å². The molecule has 0 N–H and O–H groups in total. The summed E-state index contributed by atoms with van der Waals surface area (Å²) in [6.07, 6.45) is 3.75. The third-order valence-corrected chi connectivity index (χ3v) is 13.0. The quantitative estimate of drug-likeness (QED) is 0.107. The van der Waals surface area contributed by atoms with Gasteiger partial charge in [-0.3, -0.25) is 0 Å². The van der Waals surface area contributed by atoms with Gasteiger partial charge in [-0.05, 0) is 85.1 Å². The number of unbranched alkanes of at least 4 members (excludes halogenated alkanes) is 2. The monoisotopic (exact) mass is 872 g/mol. The summed E-state index contributed by atoms with van der Waals surface area (Å²) in [6.45, 7) is 3.18. The number of benzene rings is 8. The molecule has 0 saturated heterocycles. The Morgan fingerprint density at radius 3 is 0.691 bits per heavy atom. The first kappa shape index (κ1) is 41.9. The molecule has 0 amide bonds. The van der Waals surface area contributed by atoms with Gasteiger partial charge in [-0.15, -0.1) is 0 Å². The van der Waals surface area contributed by atoms with E-state index >= 15 is 0 Å². The molecule has 0 fully saturated rings. The minimum atomic E-state index is 0.623. The molecular weight excluding hydrogens is 825 g/mol. The molecule has 0 aliphatic carbocycles. The van der Waals surface area contributed by atoms with Crippen LogP contribution in [0.1, 0.15) is 25.7 Å². The fourth-order valence-electron chi connectivity index (χ4n) is 10.0. The zero-order chi connectivity index (χ0) is 45.5. The van der Waals surface area contributed by atoms with Gasteiger partial charge in [0.1, 0.15) is 0 Å². The van der Waals surface area contributed by atoms with Crippen LogP contribution < -0.4 is 0 Å². The van der Waals surface area contributed by atoms with Gasteiger partial charge in [0.15, 0.2) is 0 Å². The van der Waals surface area contributed by atoms with E-state index < -0.39 is 0 Å². The number of aryl methyl sites for hydroxylation is 2. The summed E-state index contributed by atoms with van der Waals surface area (Å²) in [5.74, 6) is 25.3. The molecule has 0 bridgehead atoms. The second kappa shape index (κ2) is 19.4. The molecule has 12 aromatic rings. The maximum atomic E-state index is 3.26. The molecule has 12 rings (SSSR count). The zero-order valence-electron chi connectivity index (χ0n) is 37.9. The van der Waals surface area contributed by atoms with Crippen LogP contribution in [0.3, 0.4) is 0 Å².